The Morgan fingerprint density at radius 2 is 1.47 bits per heavy atom. The molecular weight excluding hydrogens is 232 g/mol. The SMILES string of the molecule is CCC[C@]1(C)CC[C@@H](C2CCC(OCC)CC2)CC1. The zero-order chi connectivity index (χ0) is 13.7. The van der Waals surface area contributed by atoms with E-state index in [0.717, 1.165) is 18.4 Å². The average molecular weight is 266 g/mol. The third kappa shape index (κ3) is 4.21. The highest BCUT2D eigenvalue weighted by Crippen LogP contribution is 2.46. The molecule has 2 saturated carbocycles. The zero-order valence-electron chi connectivity index (χ0n) is 13.4. The van der Waals surface area contributed by atoms with Crippen LogP contribution in [-0.4, -0.2) is 12.7 Å². The van der Waals surface area contributed by atoms with E-state index in [1.54, 1.807) is 0 Å². The summed E-state index contributed by atoms with van der Waals surface area (Å²) < 4.78 is 5.78. The fraction of sp³-hybridized carbons (Fsp3) is 1.00. The molecule has 2 aliphatic carbocycles. The first-order valence-corrected chi connectivity index (χ1v) is 8.78. The van der Waals surface area contributed by atoms with Crippen molar-refractivity contribution in [2.45, 2.75) is 91.1 Å². The second-order valence-corrected chi connectivity index (χ2v) is 7.39. The van der Waals surface area contributed by atoms with Crippen LogP contribution in [0, 0.1) is 17.3 Å². The first kappa shape index (κ1) is 15.4. The van der Waals surface area contributed by atoms with Gasteiger partial charge < -0.3 is 4.74 Å². The minimum Gasteiger partial charge on any atom is -0.379 e. The second-order valence-electron chi connectivity index (χ2n) is 7.39. The van der Waals surface area contributed by atoms with E-state index in [1.807, 2.05) is 0 Å². The molecule has 1 nitrogen and oxygen atoms in total. The van der Waals surface area contributed by atoms with Crippen molar-refractivity contribution in [3.05, 3.63) is 0 Å². The van der Waals surface area contributed by atoms with E-state index < -0.39 is 0 Å². The molecule has 0 bridgehead atoms. The quantitative estimate of drug-likeness (QED) is 0.631. The Morgan fingerprint density at radius 3 is 2.00 bits per heavy atom. The highest BCUT2D eigenvalue weighted by Gasteiger charge is 2.35. The first-order valence-electron chi connectivity index (χ1n) is 8.78. The largest absolute Gasteiger partial charge is 0.379 e. The van der Waals surface area contributed by atoms with Gasteiger partial charge in [-0.25, -0.2) is 0 Å². The standard InChI is InChI=1S/C18H34O/c1-4-12-18(3)13-10-16(11-14-18)15-6-8-17(9-7-15)19-5-2/h15-17H,4-14H2,1-3H3/t15?,16-,17?,18-. The lowest BCUT2D eigenvalue weighted by Crippen LogP contribution is -2.31. The van der Waals surface area contributed by atoms with Gasteiger partial charge in [-0.15, -0.1) is 0 Å². The minimum absolute atomic E-state index is 0.579. The molecular formula is C18H34O. The van der Waals surface area contributed by atoms with Crippen molar-refractivity contribution in [3.8, 4) is 0 Å². The molecule has 0 radical (unpaired) electrons. The van der Waals surface area contributed by atoms with E-state index in [1.165, 1.54) is 64.2 Å². The van der Waals surface area contributed by atoms with Crippen LogP contribution in [0.5, 0.6) is 0 Å². The summed E-state index contributed by atoms with van der Waals surface area (Å²) in [6.45, 7) is 7.89. The Kier molecular flexibility index (Phi) is 5.74. The molecule has 0 aliphatic heterocycles. The Hall–Kier alpha value is -0.0400. The van der Waals surface area contributed by atoms with E-state index in [9.17, 15) is 0 Å². The number of hydrogen-bond donors (Lipinski definition) is 0. The molecule has 0 aromatic heterocycles. The predicted octanol–water partition coefficient (Wildman–Crippen LogP) is 5.58. The summed E-state index contributed by atoms with van der Waals surface area (Å²) >= 11 is 0. The maximum absolute atomic E-state index is 5.78. The van der Waals surface area contributed by atoms with Gasteiger partial charge in [0, 0.05) is 6.61 Å². The van der Waals surface area contributed by atoms with Gasteiger partial charge in [-0.2, -0.15) is 0 Å². The zero-order valence-corrected chi connectivity index (χ0v) is 13.4. The van der Waals surface area contributed by atoms with Crippen LogP contribution >= 0.6 is 0 Å². The summed E-state index contributed by atoms with van der Waals surface area (Å²) in [5, 5.41) is 0. The van der Waals surface area contributed by atoms with Gasteiger partial charge >= 0.3 is 0 Å². The summed E-state index contributed by atoms with van der Waals surface area (Å²) in [4.78, 5) is 0. The minimum atomic E-state index is 0.579. The van der Waals surface area contributed by atoms with Crippen molar-refractivity contribution >= 4 is 0 Å². The summed E-state index contributed by atoms with van der Waals surface area (Å²) in [5.74, 6) is 2.05. The van der Waals surface area contributed by atoms with Crippen molar-refractivity contribution in [2.75, 3.05) is 6.61 Å². The van der Waals surface area contributed by atoms with Crippen LogP contribution in [0.4, 0.5) is 0 Å². The molecule has 0 N–H and O–H groups in total. The molecule has 0 aromatic carbocycles. The van der Waals surface area contributed by atoms with Crippen LogP contribution in [0.2, 0.25) is 0 Å². The summed E-state index contributed by atoms with van der Waals surface area (Å²) in [7, 11) is 0. The van der Waals surface area contributed by atoms with Gasteiger partial charge in [-0.05, 0) is 82.0 Å². The monoisotopic (exact) mass is 266 g/mol. The van der Waals surface area contributed by atoms with Crippen LogP contribution in [0.3, 0.4) is 0 Å². The van der Waals surface area contributed by atoms with Crippen LogP contribution < -0.4 is 0 Å². The molecule has 2 rings (SSSR count). The maximum Gasteiger partial charge on any atom is 0.0575 e. The molecule has 112 valence electrons. The maximum atomic E-state index is 5.78. The summed E-state index contributed by atoms with van der Waals surface area (Å²) in [6, 6.07) is 0. The van der Waals surface area contributed by atoms with Crippen LogP contribution in [0.25, 0.3) is 0 Å². The van der Waals surface area contributed by atoms with E-state index in [2.05, 4.69) is 20.8 Å². The van der Waals surface area contributed by atoms with Gasteiger partial charge in [0.05, 0.1) is 6.10 Å². The van der Waals surface area contributed by atoms with Gasteiger partial charge in [0.1, 0.15) is 0 Å². The summed E-state index contributed by atoms with van der Waals surface area (Å²) in [6.07, 6.45) is 14.9. The fourth-order valence-electron chi connectivity index (χ4n) is 4.62. The van der Waals surface area contributed by atoms with E-state index >= 15 is 0 Å². The number of ether oxygens (including phenoxy) is 1. The van der Waals surface area contributed by atoms with Gasteiger partial charge in [0.2, 0.25) is 0 Å². The van der Waals surface area contributed by atoms with Gasteiger partial charge in [-0.1, -0.05) is 20.3 Å². The Labute approximate surface area is 120 Å². The normalized spacial score (nSPS) is 40.3. The van der Waals surface area contributed by atoms with Crippen LogP contribution in [-0.2, 0) is 4.74 Å². The Morgan fingerprint density at radius 1 is 0.895 bits per heavy atom. The Bertz CT molecular complexity index is 244. The topological polar surface area (TPSA) is 9.23 Å². The molecule has 0 spiro atoms. The fourth-order valence-corrected chi connectivity index (χ4v) is 4.62. The van der Waals surface area contributed by atoms with Crippen LogP contribution in [0.1, 0.15) is 85.0 Å². The lowest BCUT2D eigenvalue weighted by atomic mass is 9.64. The molecule has 0 saturated heterocycles. The van der Waals surface area contributed by atoms with Crippen molar-refractivity contribution < 1.29 is 4.74 Å². The molecule has 2 aliphatic rings. The lowest BCUT2D eigenvalue weighted by molar-refractivity contribution is 0.00970. The number of rotatable bonds is 5. The van der Waals surface area contributed by atoms with Crippen molar-refractivity contribution in [2.24, 2.45) is 17.3 Å². The van der Waals surface area contributed by atoms with Crippen LogP contribution in [0.15, 0.2) is 0 Å². The lowest BCUT2D eigenvalue weighted by Gasteiger charge is -2.42. The smallest absolute Gasteiger partial charge is 0.0575 e. The van der Waals surface area contributed by atoms with E-state index in [-0.39, 0.29) is 0 Å². The second kappa shape index (κ2) is 7.11. The average Bonchev–Trinajstić information content (AvgIpc) is 2.41. The van der Waals surface area contributed by atoms with Gasteiger partial charge in [0.25, 0.3) is 0 Å². The first-order chi connectivity index (χ1) is 9.17. The van der Waals surface area contributed by atoms with Crippen molar-refractivity contribution in [1.82, 2.24) is 0 Å². The van der Waals surface area contributed by atoms with E-state index in [0.29, 0.717) is 11.5 Å². The van der Waals surface area contributed by atoms with Gasteiger partial charge in [-0.3, -0.25) is 0 Å². The van der Waals surface area contributed by atoms with E-state index in [4.69, 9.17) is 4.74 Å². The third-order valence-electron chi connectivity index (χ3n) is 5.88. The number of hydrogen-bond acceptors (Lipinski definition) is 1. The molecule has 0 aromatic rings. The molecule has 0 unspecified atom stereocenters. The highest BCUT2D eigenvalue weighted by molar-refractivity contribution is 4.86. The predicted molar refractivity (Wildman–Crippen MR) is 82.3 cm³/mol. The third-order valence-corrected chi connectivity index (χ3v) is 5.88. The highest BCUT2D eigenvalue weighted by atomic mass is 16.5. The molecule has 0 amide bonds. The molecule has 1 heteroatoms. The van der Waals surface area contributed by atoms with Crippen molar-refractivity contribution in [3.63, 3.8) is 0 Å². The molecule has 2 fully saturated rings. The summed E-state index contributed by atoms with van der Waals surface area (Å²) in [5.41, 5.74) is 0.674. The molecule has 19 heavy (non-hydrogen) atoms. The molecule has 0 heterocycles. The van der Waals surface area contributed by atoms with Gasteiger partial charge in [0.15, 0.2) is 0 Å². The molecule has 0 atom stereocenters. The van der Waals surface area contributed by atoms with Crippen molar-refractivity contribution in [1.29, 1.82) is 0 Å². The Balaban J connectivity index is 1.73.